The molecule has 0 saturated heterocycles. The van der Waals surface area contributed by atoms with Crippen molar-refractivity contribution < 1.29 is 4.79 Å². The Morgan fingerprint density at radius 1 is 1.03 bits per heavy atom. The van der Waals surface area contributed by atoms with Crippen molar-refractivity contribution in [3.8, 4) is 5.00 Å². The van der Waals surface area contributed by atoms with Gasteiger partial charge in [0, 0.05) is 27.6 Å². The number of fused-ring (bicyclic) bond motifs is 5. The number of aryl methyl sites for hydroxylation is 1. The second-order valence-corrected chi connectivity index (χ2v) is 10.8. The summed E-state index contributed by atoms with van der Waals surface area (Å²) in [5, 5.41) is 6.84. The second-order valence-electron chi connectivity index (χ2n) is 8.77. The largest absolute Gasteiger partial charge is 0.335 e. The Balaban J connectivity index is 1.48. The summed E-state index contributed by atoms with van der Waals surface area (Å²) < 4.78 is 2.37. The summed E-state index contributed by atoms with van der Waals surface area (Å²) in [6, 6.07) is 9.00. The topological polar surface area (TPSA) is 37.3 Å². The molecule has 3 aromatic rings. The van der Waals surface area contributed by atoms with E-state index in [1.54, 1.807) is 11.3 Å². The quantitative estimate of drug-likeness (QED) is 0.522. The molecule has 3 aliphatic rings. The first-order valence-electron chi connectivity index (χ1n) is 11.2. The van der Waals surface area contributed by atoms with Gasteiger partial charge in [0.2, 0.25) is 0 Å². The molecule has 0 bridgehead atoms. The molecule has 1 N–H and O–H groups in total. The summed E-state index contributed by atoms with van der Waals surface area (Å²) in [5.74, 6) is 0. The van der Waals surface area contributed by atoms with Crippen molar-refractivity contribution in [2.24, 2.45) is 0 Å². The fourth-order valence-electron chi connectivity index (χ4n) is 5.46. The average molecular weight is 438 g/mol. The zero-order valence-corrected chi connectivity index (χ0v) is 18.7. The van der Waals surface area contributed by atoms with Gasteiger partial charge in [-0.15, -0.1) is 22.7 Å². The van der Waals surface area contributed by atoms with Crippen LogP contribution in [0.1, 0.15) is 71.1 Å². The van der Waals surface area contributed by atoms with E-state index >= 15 is 0 Å². The zero-order valence-electron chi connectivity index (χ0n) is 17.1. The van der Waals surface area contributed by atoms with E-state index in [1.165, 1.54) is 63.7 Å². The highest BCUT2D eigenvalue weighted by atomic mass is 32.1. The van der Waals surface area contributed by atoms with Crippen LogP contribution in [0.15, 0.2) is 35.8 Å². The maximum absolute atomic E-state index is 13.7. The number of thiophene rings is 2. The third-order valence-electron chi connectivity index (χ3n) is 6.94. The third kappa shape index (κ3) is 3.04. The lowest BCUT2D eigenvalue weighted by molar-refractivity contribution is 0.177. The van der Waals surface area contributed by atoms with E-state index < -0.39 is 0 Å². The van der Waals surface area contributed by atoms with Gasteiger partial charge in [-0.3, -0.25) is 0 Å². The molecule has 0 radical (unpaired) electrons. The molecule has 1 atom stereocenters. The van der Waals surface area contributed by atoms with Crippen molar-refractivity contribution in [1.29, 1.82) is 0 Å². The molecule has 1 fully saturated rings. The normalized spacial score (nSPS) is 21.1. The van der Waals surface area contributed by atoms with Crippen LogP contribution < -0.4 is 5.32 Å². The van der Waals surface area contributed by atoms with Gasteiger partial charge in [0.15, 0.2) is 0 Å². The minimum Gasteiger partial charge on any atom is -0.335 e. The molecule has 30 heavy (non-hydrogen) atoms. The van der Waals surface area contributed by atoms with Gasteiger partial charge in [-0.05, 0) is 67.7 Å². The lowest BCUT2D eigenvalue weighted by Gasteiger charge is -2.31. The van der Waals surface area contributed by atoms with E-state index in [-0.39, 0.29) is 12.1 Å². The Hall–Kier alpha value is -2.05. The number of carbonyl (C=O) groups excluding carboxylic acids is 1. The molecule has 1 saturated carbocycles. The van der Waals surface area contributed by atoms with Crippen LogP contribution in [0.5, 0.6) is 0 Å². The van der Waals surface area contributed by atoms with Gasteiger partial charge in [0.05, 0.1) is 12.2 Å². The lowest BCUT2D eigenvalue weighted by atomic mass is 9.95. The van der Waals surface area contributed by atoms with E-state index in [0.717, 1.165) is 19.3 Å². The molecule has 1 aliphatic heterocycles. The van der Waals surface area contributed by atoms with Crippen LogP contribution in [-0.4, -0.2) is 21.5 Å². The molecule has 4 heterocycles. The number of hydrogen-bond donors (Lipinski definition) is 1. The number of carbonyl (C=O) groups is 1. The fraction of sp³-hybridized carbons (Fsp3) is 0.458. The number of nitrogens with one attached hydrogen (secondary N) is 1. The molecule has 3 aromatic heterocycles. The van der Waals surface area contributed by atoms with Crippen molar-refractivity contribution in [1.82, 2.24) is 14.8 Å². The summed E-state index contributed by atoms with van der Waals surface area (Å²) in [5.41, 5.74) is 4.11. The Morgan fingerprint density at radius 3 is 2.73 bits per heavy atom. The maximum Gasteiger partial charge on any atom is 0.318 e. The summed E-state index contributed by atoms with van der Waals surface area (Å²) in [4.78, 5) is 18.5. The highest BCUT2D eigenvalue weighted by molar-refractivity contribution is 7.15. The molecule has 2 aliphatic carbocycles. The van der Waals surface area contributed by atoms with E-state index in [4.69, 9.17) is 0 Å². The van der Waals surface area contributed by atoms with E-state index in [9.17, 15) is 4.79 Å². The Bertz CT molecular complexity index is 1060. The standard InChI is InChI=1S/C24H27N3OS2/c28-24(25-16-7-1-2-8-16)27-15-18-17-9-3-4-11-20(17)30-23(18)26-13-5-10-19(26)22(27)21-12-6-14-29-21/h5-6,10,12-14,16,22H,1-4,7-9,11,15H2,(H,25,28)/t22-/m0/s1. The second kappa shape index (κ2) is 7.57. The molecule has 0 spiro atoms. The van der Waals surface area contributed by atoms with Gasteiger partial charge in [-0.1, -0.05) is 18.9 Å². The third-order valence-corrected chi connectivity index (χ3v) is 9.19. The number of rotatable bonds is 2. The van der Waals surface area contributed by atoms with Gasteiger partial charge in [0.25, 0.3) is 0 Å². The Morgan fingerprint density at radius 2 is 1.90 bits per heavy atom. The van der Waals surface area contributed by atoms with Gasteiger partial charge in [-0.25, -0.2) is 4.79 Å². The molecular weight excluding hydrogens is 410 g/mol. The predicted octanol–water partition coefficient (Wildman–Crippen LogP) is 6.04. The van der Waals surface area contributed by atoms with Gasteiger partial charge in [-0.2, -0.15) is 0 Å². The van der Waals surface area contributed by atoms with Crippen molar-refractivity contribution >= 4 is 28.7 Å². The van der Waals surface area contributed by atoms with Gasteiger partial charge >= 0.3 is 6.03 Å². The SMILES string of the molecule is O=C(NC1CCCC1)N1Cc2c(sc3c2CCCC3)-n2cccc2[C@H]1c1cccs1. The summed E-state index contributed by atoms with van der Waals surface area (Å²) in [6.45, 7) is 0.698. The maximum atomic E-state index is 13.7. The molecule has 6 rings (SSSR count). The molecule has 0 unspecified atom stereocenters. The number of hydrogen-bond acceptors (Lipinski definition) is 3. The van der Waals surface area contributed by atoms with Crippen LogP contribution in [0, 0.1) is 0 Å². The van der Waals surface area contributed by atoms with Crippen molar-refractivity contribution in [2.45, 2.75) is 70.0 Å². The first-order chi connectivity index (χ1) is 14.8. The van der Waals surface area contributed by atoms with Crippen LogP contribution in [0.25, 0.3) is 5.00 Å². The molecular formula is C24H27N3OS2. The Kier molecular flexibility index (Phi) is 4.72. The molecule has 0 aromatic carbocycles. The van der Waals surface area contributed by atoms with Crippen LogP contribution in [0.4, 0.5) is 4.79 Å². The van der Waals surface area contributed by atoms with E-state index in [2.05, 4.69) is 50.6 Å². The summed E-state index contributed by atoms with van der Waals surface area (Å²) in [6.07, 6.45) is 11.7. The highest BCUT2D eigenvalue weighted by Gasteiger charge is 2.37. The molecule has 6 heteroatoms. The minimum atomic E-state index is -0.0414. The number of nitrogens with zero attached hydrogens (tertiary/aromatic N) is 2. The highest BCUT2D eigenvalue weighted by Crippen LogP contribution is 2.44. The molecule has 4 nitrogen and oxygen atoms in total. The minimum absolute atomic E-state index is 0.0414. The lowest BCUT2D eigenvalue weighted by Crippen LogP contribution is -2.45. The van der Waals surface area contributed by atoms with Crippen molar-refractivity contribution in [3.63, 3.8) is 0 Å². The van der Waals surface area contributed by atoms with E-state index in [0.29, 0.717) is 12.6 Å². The summed E-state index contributed by atoms with van der Waals surface area (Å²) in [7, 11) is 0. The average Bonchev–Trinajstić information content (AvgIpc) is 3.55. The first-order valence-corrected chi connectivity index (χ1v) is 12.9. The van der Waals surface area contributed by atoms with Crippen LogP contribution in [0.3, 0.4) is 0 Å². The van der Waals surface area contributed by atoms with Crippen LogP contribution in [-0.2, 0) is 19.4 Å². The summed E-state index contributed by atoms with van der Waals surface area (Å²) >= 11 is 3.70. The van der Waals surface area contributed by atoms with Crippen LogP contribution in [0.2, 0.25) is 0 Å². The number of amides is 2. The van der Waals surface area contributed by atoms with Crippen LogP contribution >= 0.6 is 22.7 Å². The zero-order chi connectivity index (χ0) is 20.1. The van der Waals surface area contributed by atoms with Crippen molar-refractivity contribution in [2.75, 3.05) is 0 Å². The fourth-order valence-corrected chi connectivity index (χ4v) is 7.71. The molecule has 156 valence electrons. The number of aromatic nitrogens is 1. The predicted molar refractivity (Wildman–Crippen MR) is 123 cm³/mol. The van der Waals surface area contributed by atoms with E-state index in [1.807, 2.05) is 11.3 Å². The van der Waals surface area contributed by atoms with Gasteiger partial charge in [0.1, 0.15) is 11.0 Å². The number of urea groups is 1. The monoisotopic (exact) mass is 437 g/mol. The first kappa shape index (κ1) is 18.7. The van der Waals surface area contributed by atoms with Gasteiger partial charge < -0.3 is 14.8 Å². The van der Waals surface area contributed by atoms with Crippen molar-refractivity contribution in [3.05, 3.63) is 62.4 Å². The smallest absolute Gasteiger partial charge is 0.318 e. The molecule has 2 amide bonds. The Labute approximate surface area is 185 Å².